The molecule has 0 bridgehead atoms. The zero-order chi connectivity index (χ0) is 19.6. The number of nitrogens with two attached hydrogens (primary N) is 2. The number of esters is 1. The van der Waals surface area contributed by atoms with Gasteiger partial charge >= 0.3 is 5.97 Å². The molecular weight excluding hydrogens is 348 g/mol. The fourth-order valence-electron chi connectivity index (χ4n) is 2.88. The van der Waals surface area contributed by atoms with E-state index in [1.807, 2.05) is 6.07 Å². The molecule has 0 radical (unpaired) electrons. The molecule has 2 aromatic rings. The first-order valence-corrected chi connectivity index (χ1v) is 11.4. The second-order valence-corrected chi connectivity index (χ2v) is 9.98. The number of hydrogen-bond donors (Lipinski definition) is 2. The minimum Gasteiger partial charge on any atom is -0.466 e. The van der Waals surface area contributed by atoms with Crippen LogP contribution in [-0.2, 0) is 9.16 Å². The summed E-state index contributed by atoms with van der Waals surface area (Å²) < 4.78 is 16.9. The summed E-state index contributed by atoms with van der Waals surface area (Å²) in [6.45, 7) is 10.6. The van der Waals surface area contributed by atoms with Gasteiger partial charge in [-0.25, -0.2) is 4.79 Å². The highest BCUT2D eigenvalue weighted by Crippen LogP contribution is 2.44. The second kappa shape index (κ2) is 7.55. The Hall–Kier alpha value is -2.25. The van der Waals surface area contributed by atoms with E-state index >= 15 is 0 Å². The van der Waals surface area contributed by atoms with Crippen molar-refractivity contribution in [3.8, 4) is 11.1 Å². The van der Waals surface area contributed by atoms with Crippen molar-refractivity contribution < 1.29 is 18.4 Å². The van der Waals surface area contributed by atoms with Crippen LogP contribution >= 0.6 is 0 Å². The maximum Gasteiger partial charge on any atom is 0.342 e. The summed E-state index contributed by atoms with van der Waals surface area (Å²) in [5.41, 5.74) is 14.2. The Morgan fingerprint density at radius 2 is 1.81 bits per heavy atom. The van der Waals surface area contributed by atoms with Gasteiger partial charge in [0.25, 0.3) is 0 Å². The highest BCUT2D eigenvalue weighted by atomic mass is 28.3. The van der Waals surface area contributed by atoms with Gasteiger partial charge in [-0.05, 0) is 30.6 Å². The van der Waals surface area contributed by atoms with Crippen molar-refractivity contribution >= 4 is 26.4 Å². The first-order valence-electron chi connectivity index (χ1n) is 8.57. The van der Waals surface area contributed by atoms with E-state index in [0.717, 1.165) is 5.56 Å². The molecule has 26 heavy (non-hydrogen) atoms. The topological polar surface area (TPSA) is 101 Å². The summed E-state index contributed by atoms with van der Waals surface area (Å²) in [5.74, 6) is 0.135. The highest BCUT2D eigenvalue weighted by Gasteiger charge is 2.33. The van der Waals surface area contributed by atoms with Crippen LogP contribution in [0.25, 0.3) is 11.1 Å². The molecule has 0 fully saturated rings. The molecule has 0 spiro atoms. The van der Waals surface area contributed by atoms with E-state index in [2.05, 4.69) is 33.9 Å². The van der Waals surface area contributed by atoms with Gasteiger partial charge in [0, 0.05) is 16.8 Å². The number of ether oxygens (including phenoxy) is 1. The van der Waals surface area contributed by atoms with Crippen LogP contribution in [0.3, 0.4) is 0 Å². The van der Waals surface area contributed by atoms with Gasteiger partial charge in [-0.2, -0.15) is 0 Å². The molecule has 0 saturated heterocycles. The monoisotopic (exact) mass is 376 g/mol. The molecule has 6 nitrogen and oxygen atoms in total. The van der Waals surface area contributed by atoms with E-state index in [4.69, 9.17) is 25.0 Å². The van der Waals surface area contributed by atoms with Crippen LogP contribution in [0.5, 0.6) is 0 Å². The van der Waals surface area contributed by atoms with Crippen molar-refractivity contribution in [3.63, 3.8) is 0 Å². The second-order valence-electron chi connectivity index (χ2n) is 7.61. The lowest BCUT2D eigenvalue weighted by Gasteiger charge is -2.32. The average Bonchev–Trinajstić information content (AvgIpc) is 3.00. The number of furan rings is 1. The normalized spacial score (nSPS) is 13.0. The molecule has 1 heterocycles. The Morgan fingerprint density at radius 1 is 1.15 bits per heavy atom. The van der Waals surface area contributed by atoms with E-state index < -0.39 is 15.0 Å². The maximum absolute atomic E-state index is 12.1. The van der Waals surface area contributed by atoms with Crippen LogP contribution in [0.1, 0.15) is 43.0 Å². The van der Waals surface area contributed by atoms with Gasteiger partial charge in [0.15, 0.2) is 9.04 Å². The predicted molar refractivity (Wildman–Crippen MR) is 106 cm³/mol. The van der Waals surface area contributed by atoms with Crippen LogP contribution < -0.4 is 11.5 Å². The molecule has 0 saturated carbocycles. The van der Waals surface area contributed by atoms with Gasteiger partial charge in [0.1, 0.15) is 17.4 Å². The van der Waals surface area contributed by atoms with Crippen LogP contribution in [0.15, 0.2) is 28.9 Å². The van der Waals surface area contributed by atoms with E-state index in [9.17, 15) is 4.79 Å². The van der Waals surface area contributed by atoms with Crippen molar-refractivity contribution in [2.75, 3.05) is 18.6 Å². The zero-order valence-electron chi connectivity index (χ0n) is 16.3. The molecule has 7 heteroatoms. The number of methoxy groups -OCH3 is 1. The lowest BCUT2D eigenvalue weighted by molar-refractivity contribution is 0.0603. The lowest BCUT2D eigenvalue weighted by atomic mass is 9.85. The first kappa shape index (κ1) is 20.1. The van der Waals surface area contributed by atoms with Gasteiger partial charge in [-0.1, -0.05) is 26.8 Å². The van der Waals surface area contributed by atoms with Crippen LogP contribution in [0.2, 0.25) is 13.1 Å². The number of benzene rings is 1. The standard InChI is InChI=1S/C19H28N2O4Si/c1-19(2,3)17(25-26(5)6)16-12(9-10-24-16)11-7-8-13(20)14(15(11)21)18(22)23-4/h7-10,17,26H,20-21H2,1-6H3. The Bertz CT molecular complexity index is 793. The van der Waals surface area contributed by atoms with Crippen molar-refractivity contribution in [3.05, 3.63) is 35.8 Å². The largest absolute Gasteiger partial charge is 0.466 e. The SMILES string of the molecule is COC(=O)c1c(N)ccc(-c2ccoc2C(O[SiH](C)C)C(C)(C)C)c1N. The smallest absolute Gasteiger partial charge is 0.342 e. The molecule has 142 valence electrons. The van der Waals surface area contributed by atoms with Crippen LogP contribution in [0, 0.1) is 5.41 Å². The summed E-state index contributed by atoms with van der Waals surface area (Å²) in [6, 6.07) is 5.28. The Balaban J connectivity index is 2.63. The molecule has 1 aromatic heterocycles. The fourth-order valence-corrected chi connectivity index (χ4v) is 3.96. The van der Waals surface area contributed by atoms with E-state index in [1.165, 1.54) is 7.11 Å². The molecule has 2 rings (SSSR count). The third kappa shape index (κ3) is 3.94. The van der Waals surface area contributed by atoms with E-state index in [1.54, 1.807) is 18.4 Å². The van der Waals surface area contributed by atoms with E-state index in [-0.39, 0.29) is 28.5 Å². The molecule has 0 aliphatic heterocycles. The molecule has 1 aromatic carbocycles. The third-order valence-corrected chi connectivity index (χ3v) is 4.90. The van der Waals surface area contributed by atoms with Crippen molar-refractivity contribution in [1.82, 2.24) is 0 Å². The fraction of sp³-hybridized carbons (Fsp3) is 0.421. The summed E-state index contributed by atoms with van der Waals surface area (Å²) in [7, 11) is -0.0250. The van der Waals surface area contributed by atoms with Gasteiger partial charge in [-0.3, -0.25) is 0 Å². The Labute approximate surface area is 156 Å². The van der Waals surface area contributed by atoms with Crippen LogP contribution in [0.4, 0.5) is 11.4 Å². The maximum atomic E-state index is 12.1. The summed E-state index contributed by atoms with van der Waals surface area (Å²) in [6.07, 6.45) is 1.39. The molecule has 1 unspecified atom stereocenters. The lowest BCUT2D eigenvalue weighted by Crippen LogP contribution is -2.26. The quantitative estimate of drug-likeness (QED) is 0.465. The molecule has 1 atom stereocenters. The number of rotatable bonds is 5. The molecule has 0 aliphatic rings. The molecule has 0 amide bonds. The van der Waals surface area contributed by atoms with Gasteiger partial charge in [-0.15, -0.1) is 0 Å². The number of carbonyl (C=O) groups is 1. The Kier molecular flexibility index (Phi) is 5.83. The van der Waals surface area contributed by atoms with Gasteiger partial charge in [0.2, 0.25) is 0 Å². The predicted octanol–water partition coefficient (Wildman–Crippen LogP) is 3.98. The zero-order valence-corrected chi connectivity index (χ0v) is 17.4. The average molecular weight is 377 g/mol. The number of carbonyl (C=O) groups excluding carboxylic acids is 1. The third-order valence-electron chi connectivity index (χ3n) is 4.09. The van der Waals surface area contributed by atoms with Crippen molar-refractivity contribution in [2.24, 2.45) is 5.41 Å². The number of hydrogen-bond acceptors (Lipinski definition) is 6. The summed E-state index contributed by atoms with van der Waals surface area (Å²) in [5, 5.41) is 0. The highest BCUT2D eigenvalue weighted by molar-refractivity contribution is 6.48. The van der Waals surface area contributed by atoms with Crippen molar-refractivity contribution in [1.29, 1.82) is 0 Å². The first-order chi connectivity index (χ1) is 12.1. The van der Waals surface area contributed by atoms with E-state index in [0.29, 0.717) is 11.3 Å². The van der Waals surface area contributed by atoms with Crippen molar-refractivity contribution in [2.45, 2.75) is 40.0 Å². The molecule has 4 N–H and O–H groups in total. The Morgan fingerprint density at radius 3 is 2.35 bits per heavy atom. The molecule has 0 aliphatic carbocycles. The number of anilines is 2. The number of nitrogen functional groups attached to an aromatic ring is 2. The van der Waals surface area contributed by atoms with Crippen LogP contribution in [-0.4, -0.2) is 22.1 Å². The summed E-state index contributed by atoms with van der Waals surface area (Å²) >= 11 is 0. The summed E-state index contributed by atoms with van der Waals surface area (Å²) in [4.78, 5) is 12.1. The minimum absolute atomic E-state index is 0.169. The van der Waals surface area contributed by atoms with Gasteiger partial charge in [0.05, 0.1) is 19.1 Å². The molecular formula is C19H28N2O4Si. The van der Waals surface area contributed by atoms with Gasteiger partial charge < -0.3 is 25.0 Å². The minimum atomic E-state index is -1.32.